The van der Waals surface area contributed by atoms with E-state index >= 15 is 0 Å². The second kappa shape index (κ2) is 3.49. The lowest BCUT2D eigenvalue weighted by Gasteiger charge is -1.94. The quantitative estimate of drug-likeness (QED) is 0.671. The number of aromatic nitrogens is 2. The van der Waals surface area contributed by atoms with Crippen LogP contribution in [0.15, 0.2) is 27.1 Å². The van der Waals surface area contributed by atoms with Crippen LogP contribution in [0.3, 0.4) is 0 Å². The molecule has 0 amide bonds. The molecular weight excluding hydrogens is 242 g/mol. The van der Waals surface area contributed by atoms with E-state index in [-0.39, 0.29) is 0 Å². The van der Waals surface area contributed by atoms with Crippen molar-refractivity contribution >= 4 is 28.4 Å². The van der Waals surface area contributed by atoms with Crippen molar-refractivity contribution in [1.29, 1.82) is 0 Å². The molecule has 2 aromatic heterocycles. The number of anilines is 1. The molecule has 2 N–H and O–H groups in total. The number of benzene rings is 1. The molecule has 0 bridgehead atoms. The summed E-state index contributed by atoms with van der Waals surface area (Å²) in [6.45, 7) is 1.80. The van der Waals surface area contributed by atoms with E-state index in [1.54, 1.807) is 25.1 Å². The fourth-order valence-electron chi connectivity index (χ4n) is 1.54. The van der Waals surface area contributed by atoms with E-state index in [1.807, 2.05) is 0 Å². The van der Waals surface area contributed by atoms with Crippen molar-refractivity contribution in [2.45, 2.75) is 6.92 Å². The molecule has 86 valence electrons. The molecule has 0 fully saturated rings. The lowest BCUT2D eigenvalue weighted by Crippen LogP contribution is -1.84. The summed E-state index contributed by atoms with van der Waals surface area (Å²) < 4.78 is 10.5. The molecule has 0 aliphatic heterocycles. The van der Waals surface area contributed by atoms with Crippen molar-refractivity contribution in [2.75, 3.05) is 5.73 Å². The van der Waals surface area contributed by atoms with Gasteiger partial charge in [-0.05, 0) is 13.0 Å². The summed E-state index contributed by atoms with van der Waals surface area (Å²) in [7, 11) is 0. The van der Waals surface area contributed by atoms with Gasteiger partial charge in [0.15, 0.2) is 11.3 Å². The number of oxazole rings is 1. The second-order valence-corrected chi connectivity index (χ2v) is 4.09. The summed E-state index contributed by atoms with van der Waals surface area (Å²) in [5.74, 6) is 1.08. The molecule has 3 aromatic rings. The summed E-state index contributed by atoms with van der Waals surface area (Å²) >= 11 is 5.91. The van der Waals surface area contributed by atoms with Crippen LogP contribution in [0, 0.1) is 6.92 Å². The number of halogens is 1. The zero-order chi connectivity index (χ0) is 12.0. The van der Waals surface area contributed by atoms with Gasteiger partial charge in [0, 0.05) is 12.1 Å². The lowest BCUT2D eigenvalue weighted by atomic mass is 10.3. The highest BCUT2D eigenvalue weighted by Gasteiger charge is 2.13. The van der Waals surface area contributed by atoms with Crippen LogP contribution in [-0.4, -0.2) is 10.1 Å². The maximum absolute atomic E-state index is 5.91. The van der Waals surface area contributed by atoms with E-state index in [9.17, 15) is 0 Å². The van der Waals surface area contributed by atoms with Gasteiger partial charge in [0.25, 0.3) is 0 Å². The Morgan fingerprint density at radius 1 is 1.29 bits per heavy atom. The van der Waals surface area contributed by atoms with Gasteiger partial charge in [0.1, 0.15) is 11.3 Å². The Balaban J connectivity index is 2.19. The van der Waals surface area contributed by atoms with Crippen molar-refractivity contribution in [3.8, 4) is 11.6 Å². The van der Waals surface area contributed by atoms with Gasteiger partial charge in [0.05, 0.1) is 10.7 Å². The molecule has 0 aliphatic carbocycles. The fraction of sp³-hybridized carbons (Fsp3) is 0.0909. The average molecular weight is 250 g/mol. The Labute approximate surface area is 101 Å². The molecule has 0 unspecified atom stereocenters. The number of rotatable bonds is 1. The summed E-state index contributed by atoms with van der Waals surface area (Å²) in [5, 5.41) is 4.28. The number of fused-ring (bicyclic) bond motifs is 1. The molecule has 0 radical (unpaired) electrons. The van der Waals surface area contributed by atoms with Crippen LogP contribution in [0.1, 0.15) is 5.76 Å². The van der Waals surface area contributed by atoms with Gasteiger partial charge in [-0.2, -0.15) is 0 Å². The molecule has 1 aromatic carbocycles. The van der Waals surface area contributed by atoms with Crippen LogP contribution >= 0.6 is 11.6 Å². The number of aryl methyl sites for hydroxylation is 1. The van der Waals surface area contributed by atoms with Gasteiger partial charge in [-0.15, -0.1) is 0 Å². The molecule has 3 rings (SSSR count). The Kier molecular flexibility index (Phi) is 2.09. The number of hydrogen-bond acceptors (Lipinski definition) is 5. The van der Waals surface area contributed by atoms with Crippen LogP contribution in [0.25, 0.3) is 22.7 Å². The fourth-order valence-corrected chi connectivity index (χ4v) is 1.70. The molecule has 0 atom stereocenters. The highest BCUT2D eigenvalue weighted by atomic mass is 35.5. The summed E-state index contributed by atoms with van der Waals surface area (Å²) in [6, 6.07) is 5.04. The van der Waals surface area contributed by atoms with E-state index in [4.69, 9.17) is 26.3 Å². The van der Waals surface area contributed by atoms with E-state index in [0.29, 0.717) is 39.2 Å². The summed E-state index contributed by atoms with van der Waals surface area (Å²) in [4.78, 5) is 4.27. The first-order valence-electron chi connectivity index (χ1n) is 4.93. The molecule has 0 aliphatic rings. The van der Waals surface area contributed by atoms with Crippen molar-refractivity contribution in [2.24, 2.45) is 0 Å². The molecule has 5 nitrogen and oxygen atoms in total. The smallest absolute Gasteiger partial charge is 0.249 e. The van der Waals surface area contributed by atoms with Gasteiger partial charge in [0.2, 0.25) is 5.89 Å². The van der Waals surface area contributed by atoms with Crippen molar-refractivity contribution in [1.82, 2.24) is 10.1 Å². The van der Waals surface area contributed by atoms with Gasteiger partial charge < -0.3 is 14.7 Å². The molecule has 6 heteroatoms. The van der Waals surface area contributed by atoms with Crippen molar-refractivity contribution in [3.05, 3.63) is 29.0 Å². The Morgan fingerprint density at radius 2 is 2.12 bits per heavy atom. The van der Waals surface area contributed by atoms with Gasteiger partial charge >= 0.3 is 0 Å². The zero-order valence-electron chi connectivity index (χ0n) is 8.90. The van der Waals surface area contributed by atoms with Gasteiger partial charge in [-0.3, -0.25) is 0 Å². The maximum atomic E-state index is 5.91. The number of nitrogens with two attached hydrogens (primary N) is 1. The molecule has 0 saturated carbocycles. The molecule has 0 spiro atoms. The minimum Gasteiger partial charge on any atom is -0.435 e. The lowest BCUT2D eigenvalue weighted by molar-refractivity contribution is 0.397. The predicted molar refractivity (Wildman–Crippen MR) is 63.7 cm³/mol. The molecule has 0 saturated heterocycles. The second-order valence-electron chi connectivity index (χ2n) is 3.68. The third-order valence-corrected chi connectivity index (χ3v) is 2.68. The highest BCUT2D eigenvalue weighted by Crippen LogP contribution is 2.29. The van der Waals surface area contributed by atoms with Crippen LogP contribution in [0.2, 0.25) is 5.02 Å². The third kappa shape index (κ3) is 1.64. The third-order valence-electron chi connectivity index (χ3n) is 2.35. The zero-order valence-corrected chi connectivity index (χ0v) is 9.65. The van der Waals surface area contributed by atoms with E-state index in [1.165, 1.54) is 0 Å². The Bertz CT molecular complexity index is 663. The normalized spacial score (nSPS) is 11.2. The number of nitrogens with zero attached hydrogens (tertiary/aromatic N) is 2. The monoisotopic (exact) mass is 249 g/mol. The van der Waals surface area contributed by atoms with Crippen molar-refractivity contribution in [3.63, 3.8) is 0 Å². The molecular formula is C11H8ClN3O2. The van der Waals surface area contributed by atoms with E-state index < -0.39 is 0 Å². The number of nitrogen functional groups attached to an aromatic ring is 1. The van der Waals surface area contributed by atoms with Crippen LogP contribution in [0.5, 0.6) is 0 Å². The van der Waals surface area contributed by atoms with Crippen LogP contribution < -0.4 is 5.73 Å². The minimum atomic E-state index is 0.388. The average Bonchev–Trinajstić information content (AvgIpc) is 2.85. The SMILES string of the molecule is Cc1cc(-c2nc3cc(Cl)c(N)cc3o2)no1. The largest absolute Gasteiger partial charge is 0.435 e. The minimum absolute atomic E-state index is 0.388. The van der Waals surface area contributed by atoms with Gasteiger partial charge in [-0.1, -0.05) is 16.8 Å². The first-order valence-corrected chi connectivity index (χ1v) is 5.30. The van der Waals surface area contributed by atoms with Crippen LogP contribution in [0.4, 0.5) is 5.69 Å². The Hall–Kier alpha value is -2.01. The highest BCUT2D eigenvalue weighted by molar-refractivity contribution is 6.33. The molecule has 17 heavy (non-hydrogen) atoms. The van der Waals surface area contributed by atoms with Crippen molar-refractivity contribution < 1.29 is 8.94 Å². The predicted octanol–water partition coefficient (Wildman–Crippen LogP) is 3.03. The first kappa shape index (κ1) is 10.2. The summed E-state index contributed by atoms with van der Waals surface area (Å²) in [5.41, 5.74) is 7.90. The standard InChI is InChI=1S/C11H8ClN3O2/c1-5-2-9(15-17-5)11-14-8-3-6(12)7(13)4-10(8)16-11/h2-4H,13H2,1H3. The van der Waals surface area contributed by atoms with E-state index in [2.05, 4.69) is 10.1 Å². The van der Waals surface area contributed by atoms with E-state index in [0.717, 1.165) is 0 Å². The van der Waals surface area contributed by atoms with Gasteiger partial charge in [-0.25, -0.2) is 4.98 Å². The topological polar surface area (TPSA) is 78.1 Å². The summed E-state index contributed by atoms with van der Waals surface area (Å²) in [6.07, 6.45) is 0. The maximum Gasteiger partial charge on any atom is 0.249 e. The van der Waals surface area contributed by atoms with Crippen LogP contribution in [-0.2, 0) is 0 Å². The molecule has 2 heterocycles. The Morgan fingerprint density at radius 3 is 2.82 bits per heavy atom. The first-order chi connectivity index (χ1) is 8.13. The number of hydrogen-bond donors (Lipinski definition) is 1.